The third kappa shape index (κ3) is 7.00. The van der Waals surface area contributed by atoms with Crippen molar-refractivity contribution in [3.8, 4) is 0 Å². The number of sulfonamides is 1. The Hall–Kier alpha value is -2.90. The third-order valence-electron chi connectivity index (χ3n) is 7.75. The quantitative estimate of drug-likeness (QED) is 0.385. The molecule has 2 N–H and O–H groups in total. The zero-order chi connectivity index (χ0) is 30.1. The minimum Gasteiger partial charge on any atom is -0.371 e. The molecule has 0 radical (unpaired) electrons. The fourth-order valence-electron chi connectivity index (χ4n) is 5.86. The molecule has 2 aromatic carbocycles. The molecule has 0 bridgehead atoms. The molecule has 2 saturated heterocycles. The predicted molar refractivity (Wildman–Crippen MR) is 165 cm³/mol. The first-order valence-corrected chi connectivity index (χ1v) is 16.6. The van der Waals surface area contributed by atoms with Crippen LogP contribution in [0.5, 0.6) is 0 Å². The lowest BCUT2D eigenvalue weighted by molar-refractivity contribution is -0.146. The number of amides is 2. The molecular weight excluding hydrogens is 574 g/mol. The Labute approximate surface area is 251 Å². The highest BCUT2D eigenvalue weighted by Crippen LogP contribution is 2.36. The number of piperidine rings is 1. The molecule has 3 aromatic rings. The van der Waals surface area contributed by atoms with Gasteiger partial charge in [-0.15, -0.1) is 0 Å². The zero-order valence-corrected chi connectivity index (χ0v) is 26.2. The number of aromatic nitrogens is 1. The normalized spacial score (nSPS) is 22.1. The van der Waals surface area contributed by atoms with Crippen LogP contribution in [0.2, 0.25) is 0 Å². The summed E-state index contributed by atoms with van der Waals surface area (Å²) in [6, 6.07) is 12.2. The van der Waals surface area contributed by atoms with Gasteiger partial charge in [-0.25, -0.2) is 13.4 Å². The third-order valence-corrected chi connectivity index (χ3v) is 10.6. The number of thiazole rings is 1. The van der Waals surface area contributed by atoms with Crippen molar-refractivity contribution in [3.63, 3.8) is 0 Å². The number of morpholine rings is 1. The molecule has 1 spiro atoms. The molecule has 226 valence electrons. The van der Waals surface area contributed by atoms with Crippen LogP contribution >= 0.6 is 11.3 Å². The maximum Gasteiger partial charge on any atom is 0.243 e. The number of fused-ring (bicyclic) bond motifs is 1. The van der Waals surface area contributed by atoms with E-state index in [-0.39, 0.29) is 30.9 Å². The van der Waals surface area contributed by atoms with Crippen molar-refractivity contribution in [1.29, 1.82) is 0 Å². The lowest BCUT2D eigenvalue weighted by Crippen LogP contribution is -2.64. The van der Waals surface area contributed by atoms with Crippen LogP contribution in [0.3, 0.4) is 0 Å². The molecule has 2 atom stereocenters. The van der Waals surface area contributed by atoms with E-state index in [1.54, 1.807) is 22.5 Å². The van der Waals surface area contributed by atoms with Crippen LogP contribution in [-0.2, 0) is 24.3 Å². The van der Waals surface area contributed by atoms with Gasteiger partial charge in [0.2, 0.25) is 21.8 Å². The van der Waals surface area contributed by atoms with Crippen molar-refractivity contribution in [3.05, 3.63) is 48.0 Å². The second-order valence-corrected chi connectivity index (χ2v) is 14.8. The van der Waals surface area contributed by atoms with Crippen molar-refractivity contribution >= 4 is 54.2 Å². The number of nitrogens with one attached hydrogen (secondary N) is 2. The van der Waals surface area contributed by atoms with Gasteiger partial charge in [0.1, 0.15) is 0 Å². The number of likely N-dealkylation sites (tertiary alicyclic amines) is 1. The molecule has 1 aromatic heterocycles. The van der Waals surface area contributed by atoms with E-state index >= 15 is 0 Å². The number of nitrogens with zero attached hydrogens (tertiary/aromatic N) is 3. The van der Waals surface area contributed by atoms with Gasteiger partial charge in [-0.3, -0.25) is 14.5 Å². The van der Waals surface area contributed by atoms with E-state index in [2.05, 4.69) is 29.5 Å². The Morgan fingerprint density at radius 2 is 1.90 bits per heavy atom. The summed E-state index contributed by atoms with van der Waals surface area (Å²) >= 11 is 1.35. The smallest absolute Gasteiger partial charge is 0.243 e. The number of hydrogen-bond acceptors (Lipinski definition) is 8. The molecule has 12 heteroatoms. The van der Waals surface area contributed by atoms with E-state index in [0.717, 1.165) is 35.2 Å². The summed E-state index contributed by atoms with van der Waals surface area (Å²) in [5.74, 6) is -0.0276. The van der Waals surface area contributed by atoms with E-state index < -0.39 is 15.6 Å². The van der Waals surface area contributed by atoms with Crippen molar-refractivity contribution in [1.82, 2.24) is 14.2 Å². The number of rotatable bonds is 8. The SMILES string of the molecule is CC(=O)Nc1ccc2nc(NC(=O)CN3CCCC4(C3)CN(S(=O)(=O)c3ccc(C)cc3)[C@@H](CC(C)C)CO4)sc2c1. The van der Waals surface area contributed by atoms with Crippen LogP contribution in [0.1, 0.15) is 45.6 Å². The highest BCUT2D eigenvalue weighted by molar-refractivity contribution is 7.89. The summed E-state index contributed by atoms with van der Waals surface area (Å²) in [5, 5.41) is 6.16. The second-order valence-electron chi connectivity index (χ2n) is 11.9. The van der Waals surface area contributed by atoms with Gasteiger partial charge in [-0.2, -0.15) is 4.31 Å². The number of anilines is 2. The number of benzene rings is 2. The molecule has 2 fully saturated rings. The Bertz CT molecular complexity index is 1560. The van der Waals surface area contributed by atoms with Gasteiger partial charge in [-0.1, -0.05) is 42.9 Å². The monoisotopic (exact) mass is 613 g/mol. The molecule has 1 unspecified atom stereocenters. The topological polar surface area (TPSA) is 121 Å². The molecule has 2 amide bonds. The summed E-state index contributed by atoms with van der Waals surface area (Å²) in [6.07, 6.45) is 2.24. The lowest BCUT2D eigenvalue weighted by Gasteiger charge is -2.50. The van der Waals surface area contributed by atoms with Gasteiger partial charge >= 0.3 is 0 Å². The van der Waals surface area contributed by atoms with Crippen LogP contribution in [-0.4, -0.2) is 78.9 Å². The highest BCUT2D eigenvalue weighted by Gasteiger charge is 2.47. The summed E-state index contributed by atoms with van der Waals surface area (Å²) in [6.45, 7) is 9.50. The number of carbonyl (C=O) groups is 2. The molecule has 10 nitrogen and oxygen atoms in total. The number of carbonyl (C=O) groups excluding carboxylic acids is 2. The zero-order valence-electron chi connectivity index (χ0n) is 24.6. The van der Waals surface area contributed by atoms with Gasteiger partial charge in [0.05, 0.1) is 33.9 Å². The number of aryl methyl sites for hydroxylation is 1. The molecule has 0 saturated carbocycles. The van der Waals surface area contributed by atoms with Crippen LogP contribution in [0, 0.1) is 12.8 Å². The Morgan fingerprint density at radius 3 is 2.62 bits per heavy atom. The van der Waals surface area contributed by atoms with Crippen LogP contribution < -0.4 is 10.6 Å². The van der Waals surface area contributed by atoms with Gasteiger partial charge < -0.3 is 15.4 Å². The van der Waals surface area contributed by atoms with E-state index in [4.69, 9.17) is 4.74 Å². The average Bonchev–Trinajstić information content (AvgIpc) is 3.31. The largest absolute Gasteiger partial charge is 0.371 e. The molecule has 2 aliphatic heterocycles. The molecular formula is C30H39N5O5S2. The van der Waals surface area contributed by atoms with E-state index in [1.165, 1.54) is 18.3 Å². The molecule has 2 aliphatic rings. The van der Waals surface area contributed by atoms with E-state index in [9.17, 15) is 18.0 Å². The Balaban J connectivity index is 1.28. The first-order chi connectivity index (χ1) is 19.9. The minimum atomic E-state index is -3.73. The van der Waals surface area contributed by atoms with E-state index in [1.807, 2.05) is 36.1 Å². The first kappa shape index (κ1) is 30.6. The summed E-state index contributed by atoms with van der Waals surface area (Å²) in [5.41, 5.74) is 1.74. The van der Waals surface area contributed by atoms with Crippen molar-refractivity contribution in [2.45, 2.75) is 63.5 Å². The van der Waals surface area contributed by atoms with Crippen LogP contribution in [0.25, 0.3) is 10.2 Å². The second kappa shape index (κ2) is 12.4. The predicted octanol–water partition coefficient (Wildman–Crippen LogP) is 4.47. The van der Waals surface area contributed by atoms with E-state index in [0.29, 0.717) is 41.2 Å². The van der Waals surface area contributed by atoms with Gasteiger partial charge in [-0.05, 0) is 69.0 Å². The van der Waals surface area contributed by atoms with Crippen molar-refractivity contribution < 1.29 is 22.7 Å². The summed E-state index contributed by atoms with van der Waals surface area (Å²) in [4.78, 5) is 31.3. The van der Waals surface area contributed by atoms with Crippen LogP contribution in [0.4, 0.5) is 10.8 Å². The fraction of sp³-hybridized carbons (Fsp3) is 0.500. The summed E-state index contributed by atoms with van der Waals surface area (Å²) in [7, 11) is -3.73. The first-order valence-electron chi connectivity index (χ1n) is 14.4. The Morgan fingerprint density at radius 1 is 1.14 bits per heavy atom. The Kier molecular flexibility index (Phi) is 9.00. The summed E-state index contributed by atoms with van der Waals surface area (Å²) < 4.78 is 36.8. The van der Waals surface area contributed by atoms with Gasteiger partial charge in [0, 0.05) is 31.7 Å². The molecule has 0 aliphatic carbocycles. The maximum absolute atomic E-state index is 13.9. The van der Waals surface area contributed by atoms with Gasteiger partial charge in [0.15, 0.2) is 5.13 Å². The highest BCUT2D eigenvalue weighted by atomic mass is 32.2. The minimum absolute atomic E-state index is 0.151. The molecule has 5 rings (SSSR count). The van der Waals surface area contributed by atoms with Crippen LogP contribution in [0.15, 0.2) is 47.4 Å². The number of ether oxygens (including phenoxy) is 1. The number of hydrogen-bond donors (Lipinski definition) is 2. The maximum atomic E-state index is 13.9. The standard InChI is InChI=1S/C30H39N5O5S2/c1-20(2)14-24-17-40-30(19-35(24)42(38,39)25-9-6-21(3)7-10-25)12-5-13-34(18-30)16-28(37)33-29-32-26-11-8-23(31-22(4)36)15-27(26)41-29/h6-11,15,20,24H,5,12-14,16-19H2,1-4H3,(H,31,36)(H,32,33,37)/t24-,30?/m0/s1. The average molecular weight is 614 g/mol. The fourth-order valence-corrected chi connectivity index (χ4v) is 8.48. The lowest BCUT2D eigenvalue weighted by atomic mass is 9.89. The van der Waals surface area contributed by atoms with Crippen molar-refractivity contribution in [2.24, 2.45) is 5.92 Å². The molecule has 42 heavy (non-hydrogen) atoms. The molecule has 3 heterocycles. The van der Waals surface area contributed by atoms with Gasteiger partial charge in [0.25, 0.3) is 0 Å². The van der Waals surface area contributed by atoms with Crippen molar-refractivity contribution in [2.75, 3.05) is 43.4 Å².